The van der Waals surface area contributed by atoms with E-state index in [1.807, 2.05) is 125 Å². The molecule has 1 saturated heterocycles. The van der Waals surface area contributed by atoms with Crippen LogP contribution < -0.4 is 25.6 Å². The third-order valence-corrected chi connectivity index (χ3v) is 18.9. The maximum Gasteiger partial charge on any atom is 0.357 e. The highest BCUT2D eigenvalue weighted by Crippen LogP contribution is 2.36. The van der Waals surface area contributed by atoms with Crippen LogP contribution in [0.25, 0.3) is 20.7 Å². The van der Waals surface area contributed by atoms with Gasteiger partial charge in [0, 0.05) is 48.0 Å². The number of β-amino-alcohol motifs (C(OH)–C–C–N with tert-alkyl or cyclic N) is 1. The number of para-hydroxylation sites is 1. The third kappa shape index (κ3) is 14.2. The second kappa shape index (κ2) is 26.6. The second-order valence-electron chi connectivity index (χ2n) is 22.7. The first-order chi connectivity index (χ1) is 40.5. The van der Waals surface area contributed by atoms with Gasteiger partial charge in [-0.05, 0) is 129 Å². The smallest absolute Gasteiger partial charge is 0.357 e. The molecule has 1 saturated carbocycles. The molecule has 0 unspecified atom stereocenters. The summed E-state index contributed by atoms with van der Waals surface area (Å²) in [6.45, 7) is 11.3. The average Bonchev–Trinajstić information content (AvgIpc) is 3.41. The highest BCUT2D eigenvalue weighted by Gasteiger charge is 2.45. The van der Waals surface area contributed by atoms with Gasteiger partial charge in [0.25, 0.3) is 5.91 Å². The number of rotatable bonds is 18. The number of carbonyl (C=O) groups is 5. The van der Waals surface area contributed by atoms with Gasteiger partial charge in [-0.15, -0.1) is 22.7 Å². The summed E-state index contributed by atoms with van der Waals surface area (Å²) in [5, 5.41) is 21.1. The van der Waals surface area contributed by atoms with E-state index >= 15 is 0 Å². The van der Waals surface area contributed by atoms with Gasteiger partial charge >= 0.3 is 5.97 Å². The summed E-state index contributed by atoms with van der Waals surface area (Å²) < 4.78 is 18.4. The van der Waals surface area contributed by atoms with Crippen LogP contribution in [0, 0.1) is 30.1 Å². The second-order valence-corrected chi connectivity index (χ2v) is 25.6. The van der Waals surface area contributed by atoms with Crippen LogP contribution in [0.4, 0.5) is 10.3 Å². The lowest BCUT2D eigenvalue weighted by molar-refractivity contribution is -0.145. The number of anilines is 2. The summed E-state index contributed by atoms with van der Waals surface area (Å²) in [6.07, 6.45) is 3.61. The highest BCUT2D eigenvalue weighted by atomic mass is 32.1. The third-order valence-electron chi connectivity index (χ3n) is 15.7. The van der Waals surface area contributed by atoms with E-state index in [2.05, 4.69) is 48.7 Å². The number of aliphatic hydroxyl groups excluding tert-OH is 1. The molecular formula is C64H70N8O9S3. The molecule has 4 atom stereocenters. The van der Waals surface area contributed by atoms with E-state index in [1.165, 1.54) is 34.7 Å². The number of hydrogen-bond donors (Lipinski definition) is 4. The molecule has 10 rings (SSSR count). The zero-order valence-electron chi connectivity index (χ0n) is 48.1. The SMILES string of the molecule is COC(=O)c1nc(N2CCc3cccc(C(=O)Nc4nc5ccccc5s4)c3C2)sc1CCCOc1ccc(C#CCOC2CCC(C(=O)N[C@H](C(=O)N3C[C@H](O)C[C@H]3C(=O)N[C@@H](C)c3ccc(-c4scnc4C)cc3)C(C)(C)C)CC2)cc1. The van der Waals surface area contributed by atoms with Gasteiger partial charge in [0.05, 0.1) is 58.3 Å². The lowest BCUT2D eigenvalue weighted by atomic mass is 9.83. The predicted molar refractivity (Wildman–Crippen MR) is 327 cm³/mol. The maximum absolute atomic E-state index is 14.3. The van der Waals surface area contributed by atoms with Crippen LogP contribution in [0.1, 0.15) is 126 Å². The molecule has 7 aromatic rings. The van der Waals surface area contributed by atoms with Gasteiger partial charge < -0.3 is 39.8 Å². The summed E-state index contributed by atoms with van der Waals surface area (Å²) in [7, 11) is 1.35. The maximum atomic E-state index is 14.3. The summed E-state index contributed by atoms with van der Waals surface area (Å²) in [5.41, 5.74) is 8.62. The average molecular weight is 1190 g/mol. The number of thiazole rings is 3. The first-order valence-electron chi connectivity index (χ1n) is 28.5. The Bertz CT molecular complexity index is 3540. The molecule has 17 nitrogen and oxygen atoms in total. The zero-order valence-corrected chi connectivity index (χ0v) is 50.5. The van der Waals surface area contributed by atoms with Gasteiger partial charge in [-0.2, -0.15) is 0 Å². The molecule has 0 spiro atoms. The Balaban J connectivity index is 0.653. The number of hydrogen-bond acceptors (Lipinski definition) is 16. The molecule has 4 aromatic carbocycles. The molecule has 3 aromatic heterocycles. The molecule has 4 amide bonds. The van der Waals surface area contributed by atoms with Crippen LogP contribution in [-0.2, 0) is 43.2 Å². The molecule has 5 heterocycles. The molecule has 2 fully saturated rings. The van der Waals surface area contributed by atoms with Crippen molar-refractivity contribution >= 4 is 84.1 Å². The lowest BCUT2D eigenvalue weighted by Gasteiger charge is -2.37. The van der Waals surface area contributed by atoms with Crippen molar-refractivity contribution in [3.63, 3.8) is 0 Å². The van der Waals surface area contributed by atoms with Gasteiger partial charge in [0.2, 0.25) is 17.7 Å². The normalized spacial score (nSPS) is 18.5. The Labute approximate surface area is 501 Å². The fourth-order valence-electron chi connectivity index (χ4n) is 11.1. The van der Waals surface area contributed by atoms with E-state index in [0.29, 0.717) is 85.5 Å². The number of aryl methyl sites for hydroxylation is 2. The molecule has 84 heavy (non-hydrogen) atoms. The summed E-state index contributed by atoms with van der Waals surface area (Å²) in [6, 6.07) is 27.0. The first-order valence-corrected chi connectivity index (χ1v) is 31.0. The number of nitrogens with zero attached hydrogens (tertiary/aromatic N) is 5. The van der Waals surface area contributed by atoms with Crippen LogP contribution in [0.15, 0.2) is 96.5 Å². The number of methoxy groups -OCH3 is 1. The summed E-state index contributed by atoms with van der Waals surface area (Å²) in [4.78, 5) is 87.7. The number of ether oxygens (including phenoxy) is 3. The lowest BCUT2D eigenvalue weighted by Crippen LogP contribution is -2.58. The molecule has 2 aliphatic heterocycles. The number of carbonyl (C=O) groups excluding carboxylic acids is 5. The van der Waals surface area contributed by atoms with Crippen molar-refractivity contribution in [2.45, 2.75) is 123 Å². The monoisotopic (exact) mass is 1190 g/mol. The number of benzene rings is 4. The minimum absolute atomic E-state index is 0.0000706. The number of aromatic nitrogens is 3. The van der Waals surface area contributed by atoms with E-state index in [9.17, 15) is 29.1 Å². The van der Waals surface area contributed by atoms with Crippen LogP contribution in [0.3, 0.4) is 0 Å². The zero-order chi connectivity index (χ0) is 59.1. The van der Waals surface area contributed by atoms with Gasteiger partial charge in [-0.1, -0.05) is 92.5 Å². The molecule has 0 radical (unpaired) electrons. The molecule has 1 aliphatic carbocycles. The van der Waals surface area contributed by atoms with Crippen LogP contribution >= 0.6 is 34.0 Å². The van der Waals surface area contributed by atoms with Gasteiger partial charge in [-0.25, -0.2) is 19.7 Å². The Kier molecular flexibility index (Phi) is 18.9. The van der Waals surface area contributed by atoms with E-state index < -0.39 is 29.6 Å². The molecular weight excluding hydrogens is 1120 g/mol. The van der Waals surface area contributed by atoms with Crippen molar-refractivity contribution in [1.82, 2.24) is 30.5 Å². The Hall–Kier alpha value is -7.54. The Morgan fingerprint density at radius 1 is 0.893 bits per heavy atom. The van der Waals surface area contributed by atoms with E-state index in [-0.39, 0.29) is 61.3 Å². The topological polar surface area (TPSA) is 215 Å². The quantitative estimate of drug-likeness (QED) is 0.0358. The van der Waals surface area contributed by atoms with Gasteiger partial charge in [0.15, 0.2) is 16.0 Å². The largest absolute Gasteiger partial charge is 0.494 e. The number of aliphatic hydroxyl groups is 1. The fraction of sp³-hybridized carbons (Fsp3) is 0.406. The van der Waals surface area contributed by atoms with Crippen molar-refractivity contribution in [1.29, 1.82) is 0 Å². The number of likely N-dealkylation sites (tertiary alicyclic amines) is 1. The van der Waals surface area contributed by atoms with Crippen molar-refractivity contribution in [2.24, 2.45) is 11.3 Å². The Morgan fingerprint density at radius 3 is 2.39 bits per heavy atom. The predicted octanol–water partition coefficient (Wildman–Crippen LogP) is 10.1. The van der Waals surface area contributed by atoms with Crippen molar-refractivity contribution < 1.29 is 43.3 Å². The van der Waals surface area contributed by atoms with Crippen LogP contribution in [0.2, 0.25) is 0 Å². The standard InChI is InChI=1S/C64H70N8O9S3/c1-38(41-20-22-43(23-21-41)55-39(2)65-37-82-55)66-59(76)51-34-45(73)35-72(51)60(77)56(64(3,4)5)69-57(74)44-24-28-47(29-25-44)80-32-10-12-40-18-26-46(27-19-40)81-33-11-17-53-54(61(78)79-6)68-63(84-53)71-31-30-42-13-9-14-48(49(42)36-71)58(75)70-62-67-50-15-7-8-16-52(50)83-62/h7-9,13-16,18-23,26-27,37-38,44-45,47,51,56,73H,11,17,24-25,28-36H2,1-6H3,(H,66,76)(H,69,74)(H,67,70,75)/t38-,44?,45+,47?,51-,56+/m0/s1. The first kappa shape index (κ1) is 59.6. The molecule has 3 aliphatic rings. The van der Waals surface area contributed by atoms with E-state index in [4.69, 9.17) is 19.2 Å². The molecule has 20 heteroatoms. The van der Waals surface area contributed by atoms with Crippen LogP contribution in [0.5, 0.6) is 5.75 Å². The molecule has 4 N–H and O–H groups in total. The molecule has 438 valence electrons. The van der Waals surface area contributed by atoms with Crippen LogP contribution in [-0.4, -0.2) is 112 Å². The summed E-state index contributed by atoms with van der Waals surface area (Å²) >= 11 is 4.47. The van der Waals surface area contributed by atoms with Gasteiger partial charge in [0.1, 0.15) is 24.4 Å². The number of esters is 1. The minimum Gasteiger partial charge on any atom is -0.494 e. The number of fused-ring (bicyclic) bond motifs is 2. The number of nitrogens with one attached hydrogen (secondary N) is 3. The summed E-state index contributed by atoms with van der Waals surface area (Å²) in [5.74, 6) is 5.01. The van der Waals surface area contributed by atoms with E-state index in [0.717, 1.165) is 59.9 Å². The van der Waals surface area contributed by atoms with Crippen molar-refractivity contribution in [2.75, 3.05) is 43.6 Å². The van der Waals surface area contributed by atoms with Gasteiger partial charge in [-0.3, -0.25) is 24.5 Å². The van der Waals surface area contributed by atoms with Crippen molar-refractivity contribution in [3.8, 4) is 28.0 Å². The Morgan fingerprint density at radius 2 is 1.67 bits per heavy atom. The highest BCUT2D eigenvalue weighted by molar-refractivity contribution is 7.22. The minimum atomic E-state index is -0.912. The fourth-order valence-corrected chi connectivity index (χ4v) is 13.9. The molecule has 0 bridgehead atoms. The number of amides is 4. The van der Waals surface area contributed by atoms with E-state index in [1.54, 1.807) is 11.3 Å². The van der Waals surface area contributed by atoms with Crippen molar-refractivity contribution in [3.05, 3.63) is 141 Å².